The molecule has 0 aliphatic carbocycles. The van der Waals surface area contributed by atoms with Gasteiger partial charge in [-0.2, -0.15) is 8.42 Å². The maximum Gasteiger partial charge on any atom is 0.358 e. The molecule has 0 amide bonds. The van der Waals surface area contributed by atoms with E-state index in [0.29, 0.717) is 12.1 Å². The predicted molar refractivity (Wildman–Crippen MR) is 39.0 cm³/mol. The van der Waals surface area contributed by atoms with Crippen LogP contribution in [0.2, 0.25) is 0 Å². The Bertz CT molecular complexity index is 535. The Kier molecular flexibility index (Phi) is 1.62. The zero-order valence-corrected chi connectivity index (χ0v) is 7.27. The number of benzene rings is 1. The molecule has 0 radical (unpaired) electrons. The molecule has 0 bridgehead atoms. The largest absolute Gasteiger partial charge is 0.358 e. The fourth-order valence-electron chi connectivity index (χ4n) is 1.15. The van der Waals surface area contributed by atoms with E-state index in [-0.39, 0.29) is 0 Å². The summed E-state index contributed by atoms with van der Waals surface area (Å²) in [7, 11) is -4.47. The second-order valence-corrected chi connectivity index (χ2v) is 4.04. The molecular weight excluding hydrogens is 218 g/mol. The Balaban J connectivity index is 2.94. The van der Waals surface area contributed by atoms with Gasteiger partial charge in [0, 0.05) is 0 Å². The molecule has 0 fully saturated rings. The second kappa shape index (κ2) is 2.50. The molecule has 4 nitrogen and oxygen atoms in total. The summed E-state index contributed by atoms with van der Waals surface area (Å²) in [4.78, 5) is 9.82. The molecule has 0 atom stereocenters. The molecule has 1 aromatic carbocycles. The van der Waals surface area contributed by atoms with E-state index in [1.54, 1.807) is 0 Å². The van der Waals surface area contributed by atoms with E-state index < -0.39 is 38.2 Å². The van der Waals surface area contributed by atoms with Gasteiger partial charge in [0.15, 0.2) is 4.90 Å². The maximum absolute atomic E-state index is 13.0. The minimum Gasteiger partial charge on any atom is -0.337 e. The average molecular weight is 220 g/mol. The van der Waals surface area contributed by atoms with Gasteiger partial charge in [-0.1, -0.05) is 0 Å². The van der Waals surface area contributed by atoms with Gasteiger partial charge in [-0.15, -0.1) is 0 Å². The first-order valence-electron chi connectivity index (χ1n) is 3.40. The van der Waals surface area contributed by atoms with Crippen molar-refractivity contribution in [2.24, 2.45) is 0 Å². The van der Waals surface area contributed by atoms with Crippen LogP contribution in [0.15, 0.2) is 17.0 Å². The number of fused-ring (bicyclic) bond motifs is 1. The van der Waals surface area contributed by atoms with E-state index in [1.165, 1.54) is 0 Å². The van der Waals surface area contributed by atoms with Gasteiger partial charge >= 0.3 is 16.1 Å². The van der Waals surface area contributed by atoms with Crippen molar-refractivity contribution in [1.82, 2.24) is 0 Å². The van der Waals surface area contributed by atoms with Gasteiger partial charge in [0.05, 0.1) is 0 Å². The lowest BCUT2D eigenvalue weighted by atomic mass is 10.2. The van der Waals surface area contributed by atoms with E-state index in [0.717, 1.165) is 0 Å². The Labute approximate surface area is 77.2 Å². The molecule has 0 unspecified atom stereocenters. The highest BCUT2D eigenvalue weighted by atomic mass is 32.2. The van der Waals surface area contributed by atoms with Crippen LogP contribution < -0.4 is 0 Å². The lowest BCUT2D eigenvalue weighted by Crippen LogP contribution is -2.00. The van der Waals surface area contributed by atoms with Gasteiger partial charge in [0.2, 0.25) is 0 Å². The number of halogens is 2. The number of rotatable bonds is 0. The molecule has 7 heteroatoms. The molecule has 0 spiro atoms. The maximum atomic E-state index is 13.0. The van der Waals surface area contributed by atoms with Gasteiger partial charge in [-0.25, -0.2) is 13.6 Å². The molecule has 1 aromatic rings. The number of hydrogen-bond acceptors (Lipinski definition) is 4. The van der Waals surface area contributed by atoms with Gasteiger partial charge in [0.25, 0.3) is 0 Å². The second-order valence-electron chi connectivity index (χ2n) is 2.56. The summed E-state index contributed by atoms with van der Waals surface area (Å²) in [5.41, 5.74) is -0.870. The van der Waals surface area contributed by atoms with E-state index in [2.05, 4.69) is 4.18 Å². The minimum absolute atomic E-state index is 0.619. The average Bonchev–Trinajstić information content (AvgIpc) is 2.30. The Hall–Kier alpha value is -1.50. The van der Waals surface area contributed by atoms with E-state index in [9.17, 15) is 22.0 Å². The van der Waals surface area contributed by atoms with Crippen LogP contribution in [0.25, 0.3) is 0 Å². The van der Waals surface area contributed by atoms with Crippen molar-refractivity contribution in [3.05, 3.63) is 29.3 Å². The zero-order chi connectivity index (χ0) is 10.5. The fourth-order valence-corrected chi connectivity index (χ4v) is 2.25. The lowest BCUT2D eigenvalue weighted by molar-refractivity contribution is 0.0758. The summed E-state index contributed by atoms with van der Waals surface area (Å²) in [6.07, 6.45) is 0. The van der Waals surface area contributed by atoms with Gasteiger partial charge in [-0.3, -0.25) is 0 Å². The van der Waals surface area contributed by atoms with Crippen LogP contribution in [0.1, 0.15) is 10.4 Å². The number of hydrogen-bond donors (Lipinski definition) is 0. The number of carbonyl (C=O) groups is 1. The summed E-state index contributed by atoms with van der Waals surface area (Å²) >= 11 is 0. The van der Waals surface area contributed by atoms with Crippen LogP contribution in [0.4, 0.5) is 8.78 Å². The SMILES string of the molecule is O=C1OS(=O)(=O)c2c(F)ccc(F)c21. The van der Waals surface area contributed by atoms with Crippen LogP contribution >= 0.6 is 0 Å². The smallest absolute Gasteiger partial charge is 0.337 e. The van der Waals surface area contributed by atoms with Crippen molar-refractivity contribution in [3.63, 3.8) is 0 Å². The fraction of sp³-hybridized carbons (Fsp3) is 0. The topological polar surface area (TPSA) is 60.4 Å². The van der Waals surface area contributed by atoms with Crippen molar-refractivity contribution >= 4 is 16.1 Å². The highest BCUT2D eigenvalue weighted by molar-refractivity contribution is 7.87. The molecule has 2 rings (SSSR count). The summed E-state index contributed by atoms with van der Waals surface area (Å²) < 4.78 is 51.7. The number of carbonyl (C=O) groups excluding carboxylic acids is 1. The van der Waals surface area contributed by atoms with Crippen LogP contribution in [0.5, 0.6) is 0 Å². The van der Waals surface area contributed by atoms with Crippen molar-refractivity contribution in [2.45, 2.75) is 4.90 Å². The van der Waals surface area contributed by atoms with Crippen molar-refractivity contribution in [2.75, 3.05) is 0 Å². The van der Waals surface area contributed by atoms with Crippen LogP contribution in [-0.4, -0.2) is 14.4 Å². The van der Waals surface area contributed by atoms with Crippen LogP contribution in [-0.2, 0) is 14.3 Å². The molecular formula is C7H2F2O4S. The van der Waals surface area contributed by atoms with Gasteiger partial charge < -0.3 is 4.18 Å². The van der Waals surface area contributed by atoms with Crippen molar-refractivity contribution < 1.29 is 26.2 Å². The monoisotopic (exact) mass is 220 g/mol. The Morgan fingerprint density at radius 3 is 2.29 bits per heavy atom. The van der Waals surface area contributed by atoms with Crippen LogP contribution in [0.3, 0.4) is 0 Å². The molecule has 0 N–H and O–H groups in total. The summed E-state index contributed by atoms with van der Waals surface area (Å²) in [5.74, 6) is -3.71. The van der Waals surface area contributed by atoms with E-state index in [1.807, 2.05) is 0 Å². The highest BCUT2D eigenvalue weighted by Gasteiger charge is 2.40. The van der Waals surface area contributed by atoms with Crippen molar-refractivity contribution in [1.29, 1.82) is 0 Å². The van der Waals surface area contributed by atoms with Crippen LogP contribution in [0, 0.1) is 11.6 Å². The molecule has 1 aliphatic rings. The molecule has 1 heterocycles. The third kappa shape index (κ3) is 1.02. The zero-order valence-electron chi connectivity index (χ0n) is 6.45. The standard InChI is InChI=1S/C7H2F2O4S/c8-3-1-2-4(9)6-5(3)7(10)13-14(6,11)12/h1-2H. The molecule has 74 valence electrons. The summed E-state index contributed by atoms with van der Waals surface area (Å²) in [6, 6.07) is 1.28. The predicted octanol–water partition coefficient (Wildman–Crippen LogP) is 0.824. The molecule has 0 aromatic heterocycles. The Morgan fingerprint density at radius 2 is 1.71 bits per heavy atom. The first-order chi connectivity index (χ1) is 6.43. The molecule has 14 heavy (non-hydrogen) atoms. The summed E-state index contributed by atoms with van der Waals surface area (Å²) in [6.45, 7) is 0. The van der Waals surface area contributed by atoms with E-state index >= 15 is 0 Å². The molecule has 0 saturated heterocycles. The van der Waals surface area contributed by atoms with E-state index in [4.69, 9.17) is 0 Å². The lowest BCUT2D eigenvalue weighted by Gasteiger charge is -1.95. The highest BCUT2D eigenvalue weighted by Crippen LogP contribution is 2.31. The van der Waals surface area contributed by atoms with Crippen molar-refractivity contribution in [3.8, 4) is 0 Å². The Morgan fingerprint density at radius 1 is 1.14 bits per heavy atom. The first-order valence-corrected chi connectivity index (χ1v) is 4.81. The third-order valence-electron chi connectivity index (χ3n) is 1.70. The van der Waals surface area contributed by atoms with Gasteiger partial charge in [0.1, 0.15) is 17.2 Å². The molecule has 1 aliphatic heterocycles. The summed E-state index contributed by atoms with van der Waals surface area (Å²) in [5, 5.41) is 0. The van der Waals surface area contributed by atoms with Gasteiger partial charge in [-0.05, 0) is 12.1 Å². The molecule has 0 saturated carbocycles. The quantitative estimate of drug-likeness (QED) is 0.607. The normalized spacial score (nSPS) is 17.7. The third-order valence-corrected chi connectivity index (χ3v) is 2.97. The first kappa shape index (κ1) is 9.07. The minimum atomic E-state index is -4.47.